The summed E-state index contributed by atoms with van der Waals surface area (Å²) in [5, 5.41) is 0. The number of alkyl halides is 3. The molecular formula is C25H28F3N3O4. The third kappa shape index (κ3) is 5.27. The van der Waals surface area contributed by atoms with Gasteiger partial charge in [0.25, 0.3) is 0 Å². The number of carbonyl (C=O) groups excluding carboxylic acids is 2. The number of carbonyl (C=O) groups is 2. The zero-order valence-corrected chi connectivity index (χ0v) is 19.5. The molecule has 2 aliphatic rings. The molecule has 10 heteroatoms. The van der Waals surface area contributed by atoms with Crippen LogP contribution in [0.2, 0.25) is 0 Å². The molecule has 0 radical (unpaired) electrons. The highest BCUT2D eigenvalue weighted by Gasteiger charge is 2.45. The van der Waals surface area contributed by atoms with Crippen molar-refractivity contribution in [2.24, 2.45) is 0 Å². The van der Waals surface area contributed by atoms with Gasteiger partial charge in [-0.05, 0) is 43.5 Å². The number of nitrogens with zero attached hydrogens (tertiary/aromatic N) is 3. The molecule has 2 saturated heterocycles. The zero-order valence-electron chi connectivity index (χ0n) is 19.5. The first-order chi connectivity index (χ1) is 16.7. The van der Waals surface area contributed by atoms with Crippen molar-refractivity contribution in [1.82, 2.24) is 9.88 Å². The van der Waals surface area contributed by atoms with Gasteiger partial charge in [0.05, 0.1) is 23.1 Å². The van der Waals surface area contributed by atoms with E-state index in [-0.39, 0.29) is 12.5 Å². The SMILES string of the molecule is CCOC(=O)c1ccc(N2CCN(C(=O)C3(c4cccc(C(F)(F)F)c4)CCOCC3)CC2)nc1. The molecule has 7 nitrogen and oxygen atoms in total. The number of ether oxygens (including phenoxy) is 2. The molecule has 3 heterocycles. The third-order valence-electron chi connectivity index (χ3n) is 6.65. The van der Waals surface area contributed by atoms with Crippen LogP contribution in [-0.2, 0) is 25.9 Å². The van der Waals surface area contributed by atoms with E-state index in [1.54, 1.807) is 30.0 Å². The highest BCUT2D eigenvalue weighted by Crippen LogP contribution is 2.40. The number of amides is 1. The van der Waals surface area contributed by atoms with Crippen LogP contribution in [0.3, 0.4) is 0 Å². The lowest BCUT2D eigenvalue weighted by Crippen LogP contribution is -2.56. The number of anilines is 1. The molecule has 0 bridgehead atoms. The molecule has 1 aromatic heterocycles. The van der Waals surface area contributed by atoms with Gasteiger partial charge in [0.2, 0.25) is 5.91 Å². The van der Waals surface area contributed by atoms with Crippen molar-refractivity contribution in [2.45, 2.75) is 31.4 Å². The number of piperazine rings is 1. The van der Waals surface area contributed by atoms with Crippen molar-refractivity contribution < 1.29 is 32.2 Å². The predicted molar refractivity (Wildman–Crippen MR) is 122 cm³/mol. The van der Waals surface area contributed by atoms with Crippen LogP contribution in [0.5, 0.6) is 0 Å². The standard InChI is InChI=1S/C25H28F3N3O4/c1-2-35-22(32)18-6-7-21(29-17-18)30-10-12-31(13-11-30)23(33)24(8-14-34-15-9-24)19-4-3-5-20(16-19)25(26,27)28/h3-7,16-17H,2,8-15H2,1H3. The van der Waals surface area contributed by atoms with Gasteiger partial charge in [0, 0.05) is 45.6 Å². The van der Waals surface area contributed by atoms with Crippen molar-refractivity contribution in [3.05, 3.63) is 59.3 Å². The van der Waals surface area contributed by atoms with Crippen molar-refractivity contribution in [3.63, 3.8) is 0 Å². The van der Waals surface area contributed by atoms with E-state index in [1.807, 2.05) is 4.90 Å². The summed E-state index contributed by atoms with van der Waals surface area (Å²) >= 11 is 0. The molecule has 1 aromatic carbocycles. The van der Waals surface area contributed by atoms with Crippen LogP contribution in [0, 0.1) is 0 Å². The summed E-state index contributed by atoms with van der Waals surface area (Å²) in [6.45, 7) is 4.53. The highest BCUT2D eigenvalue weighted by molar-refractivity contribution is 5.89. The average molecular weight is 492 g/mol. The summed E-state index contributed by atoms with van der Waals surface area (Å²) in [5.41, 5.74) is -1.04. The molecule has 4 rings (SSSR count). The van der Waals surface area contributed by atoms with Gasteiger partial charge >= 0.3 is 12.1 Å². The molecule has 0 aliphatic carbocycles. The van der Waals surface area contributed by atoms with E-state index in [0.29, 0.717) is 69.2 Å². The Morgan fingerprint density at radius 2 is 1.80 bits per heavy atom. The Morgan fingerprint density at radius 3 is 2.40 bits per heavy atom. The molecule has 1 amide bonds. The van der Waals surface area contributed by atoms with Crippen LogP contribution < -0.4 is 4.90 Å². The largest absolute Gasteiger partial charge is 0.462 e. The number of hydrogen-bond acceptors (Lipinski definition) is 6. The molecule has 188 valence electrons. The fourth-order valence-corrected chi connectivity index (χ4v) is 4.69. The molecule has 2 fully saturated rings. The molecule has 0 unspecified atom stereocenters. The van der Waals surface area contributed by atoms with Crippen LogP contribution in [0.4, 0.5) is 19.0 Å². The molecule has 35 heavy (non-hydrogen) atoms. The maximum atomic E-state index is 13.8. The van der Waals surface area contributed by atoms with E-state index in [1.165, 1.54) is 12.3 Å². The summed E-state index contributed by atoms with van der Waals surface area (Å²) in [6, 6.07) is 8.51. The van der Waals surface area contributed by atoms with Gasteiger partial charge < -0.3 is 19.3 Å². The highest BCUT2D eigenvalue weighted by atomic mass is 19.4. The van der Waals surface area contributed by atoms with Crippen LogP contribution in [-0.4, -0.2) is 67.8 Å². The second-order valence-electron chi connectivity index (χ2n) is 8.68. The van der Waals surface area contributed by atoms with Gasteiger partial charge in [-0.15, -0.1) is 0 Å². The summed E-state index contributed by atoms with van der Waals surface area (Å²) < 4.78 is 50.5. The van der Waals surface area contributed by atoms with E-state index >= 15 is 0 Å². The Hall–Kier alpha value is -3.14. The maximum absolute atomic E-state index is 13.8. The Bertz CT molecular complexity index is 1040. The second kappa shape index (κ2) is 10.2. The number of pyridine rings is 1. The normalized spacial score (nSPS) is 18.3. The van der Waals surface area contributed by atoms with Gasteiger partial charge in [-0.2, -0.15) is 13.2 Å². The van der Waals surface area contributed by atoms with Crippen molar-refractivity contribution in [3.8, 4) is 0 Å². The molecule has 2 aromatic rings. The summed E-state index contributed by atoms with van der Waals surface area (Å²) in [5.74, 6) is 0.0903. The Balaban J connectivity index is 1.48. The number of rotatable bonds is 5. The monoisotopic (exact) mass is 491 g/mol. The quantitative estimate of drug-likeness (QED) is 0.595. The Morgan fingerprint density at radius 1 is 1.09 bits per heavy atom. The number of benzene rings is 1. The molecule has 0 atom stereocenters. The number of aromatic nitrogens is 1. The minimum atomic E-state index is -4.48. The molecule has 0 saturated carbocycles. The van der Waals surface area contributed by atoms with Crippen LogP contribution in [0.15, 0.2) is 42.6 Å². The molecular weight excluding hydrogens is 463 g/mol. The molecule has 0 N–H and O–H groups in total. The zero-order chi connectivity index (χ0) is 25.1. The van der Waals surface area contributed by atoms with Crippen molar-refractivity contribution in [1.29, 1.82) is 0 Å². The fourth-order valence-electron chi connectivity index (χ4n) is 4.69. The molecule has 0 spiro atoms. The summed E-state index contributed by atoms with van der Waals surface area (Å²) in [6.07, 6.45) is -2.34. The lowest BCUT2D eigenvalue weighted by molar-refractivity contribution is -0.142. The lowest BCUT2D eigenvalue weighted by Gasteiger charge is -2.43. The van der Waals surface area contributed by atoms with E-state index in [2.05, 4.69) is 4.98 Å². The first-order valence-electron chi connectivity index (χ1n) is 11.7. The van der Waals surface area contributed by atoms with E-state index in [0.717, 1.165) is 12.1 Å². The lowest BCUT2D eigenvalue weighted by atomic mass is 9.72. The van der Waals surface area contributed by atoms with Gasteiger partial charge in [-0.25, -0.2) is 9.78 Å². The van der Waals surface area contributed by atoms with Gasteiger partial charge in [-0.1, -0.05) is 18.2 Å². The number of halogens is 3. The number of esters is 1. The van der Waals surface area contributed by atoms with Crippen molar-refractivity contribution in [2.75, 3.05) is 50.9 Å². The van der Waals surface area contributed by atoms with Gasteiger partial charge in [0.15, 0.2) is 0 Å². The Kier molecular flexibility index (Phi) is 7.30. The molecule has 2 aliphatic heterocycles. The third-order valence-corrected chi connectivity index (χ3v) is 6.65. The van der Waals surface area contributed by atoms with Crippen LogP contribution in [0.25, 0.3) is 0 Å². The smallest absolute Gasteiger partial charge is 0.416 e. The van der Waals surface area contributed by atoms with E-state index < -0.39 is 23.1 Å². The van der Waals surface area contributed by atoms with Crippen molar-refractivity contribution >= 4 is 17.7 Å². The topological polar surface area (TPSA) is 72.0 Å². The summed E-state index contributed by atoms with van der Waals surface area (Å²) in [7, 11) is 0. The predicted octanol–water partition coefficient (Wildman–Crippen LogP) is 3.67. The first-order valence-corrected chi connectivity index (χ1v) is 11.7. The van der Waals surface area contributed by atoms with Gasteiger partial charge in [0.1, 0.15) is 5.82 Å². The maximum Gasteiger partial charge on any atom is 0.416 e. The van der Waals surface area contributed by atoms with Gasteiger partial charge in [-0.3, -0.25) is 4.79 Å². The average Bonchev–Trinajstić information content (AvgIpc) is 2.88. The minimum absolute atomic E-state index is 0.162. The fraction of sp³-hybridized carbons (Fsp3) is 0.480. The van der Waals surface area contributed by atoms with E-state index in [4.69, 9.17) is 9.47 Å². The first kappa shape index (κ1) is 25.0. The number of hydrogen-bond donors (Lipinski definition) is 0. The summed E-state index contributed by atoms with van der Waals surface area (Å²) in [4.78, 5) is 33.7. The van der Waals surface area contributed by atoms with Crippen LogP contribution >= 0.6 is 0 Å². The minimum Gasteiger partial charge on any atom is -0.462 e. The van der Waals surface area contributed by atoms with E-state index in [9.17, 15) is 22.8 Å². The Labute approximate surface area is 201 Å². The second-order valence-corrected chi connectivity index (χ2v) is 8.68. The van der Waals surface area contributed by atoms with Crippen LogP contribution in [0.1, 0.15) is 41.3 Å².